The summed E-state index contributed by atoms with van der Waals surface area (Å²) in [6.45, 7) is 2.12. The van der Waals surface area contributed by atoms with Gasteiger partial charge in [-0.05, 0) is 64.9 Å². The number of methoxy groups -OCH3 is 1. The topological polar surface area (TPSA) is 113 Å². The first-order chi connectivity index (χ1) is 17.4. The molecule has 0 saturated carbocycles. The number of nitrogens with one attached hydrogen (secondary N) is 2. The number of benzene rings is 3. The SMILES string of the molecule is COc1cc(C=NNC(=O)CCC(=O)Nc2ccccc2C)cc(I)c1OCc1ccccc1C#N. The first-order valence-corrected chi connectivity index (χ1v) is 12.1. The maximum Gasteiger partial charge on any atom is 0.240 e. The van der Waals surface area contributed by atoms with Crippen LogP contribution in [0.1, 0.15) is 35.1 Å². The molecule has 0 bridgehead atoms. The molecule has 8 nitrogen and oxygen atoms in total. The lowest BCUT2D eigenvalue weighted by atomic mass is 10.1. The lowest BCUT2D eigenvalue weighted by Crippen LogP contribution is -2.20. The van der Waals surface area contributed by atoms with Gasteiger partial charge in [0.2, 0.25) is 11.8 Å². The number of para-hydroxylation sites is 1. The second kappa shape index (κ2) is 13.3. The zero-order valence-electron chi connectivity index (χ0n) is 19.9. The maximum atomic E-state index is 12.1. The van der Waals surface area contributed by atoms with Gasteiger partial charge >= 0.3 is 0 Å². The summed E-state index contributed by atoms with van der Waals surface area (Å²) < 4.78 is 12.2. The van der Waals surface area contributed by atoms with E-state index in [1.165, 1.54) is 13.3 Å². The highest BCUT2D eigenvalue weighted by Gasteiger charge is 2.13. The molecule has 3 aromatic carbocycles. The Bertz CT molecular complexity index is 1320. The van der Waals surface area contributed by atoms with E-state index in [9.17, 15) is 14.9 Å². The lowest BCUT2D eigenvalue weighted by molar-refractivity contribution is -0.124. The van der Waals surface area contributed by atoms with E-state index < -0.39 is 0 Å². The summed E-state index contributed by atoms with van der Waals surface area (Å²) in [4.78, 5) is 24.2. The highest BCUT2D eigenvalue weighted by Crippen LogP contribution is 2.34. The predicted octanol–water partition coefficient (Wildman–Crippen LogP) is 4.93. The number of rotatable bonds is 10. The Morgan fingerprint density at radius 1 is 1.08 bits per heavy atom. The molecule has 0 radical (unpaired) electrons. The minimum absolute atomic E-state index is 0.00680. The molecule has 0 spiro atoms. The van der Waals surface area contributed by atoms with Crippen LogP contribution in [0.15, 0.2) is 65.8 Å². The normalized spacial score (nSPS) is 10.5. The summed E-state index contributed by atoms with van der Waals surface area (Å²) in [6.07, 6.45) is 1.54. The Kier molecular flexibility index (Phi) is 9.82. The second-order valence-corrected chi connectivity index (χ2v) is 8.91. The van der Waals surface area contributed by atoms with Gasteiger partial charge < -0.3 is 14.8 Å². The Hall–Kier alpha value is -3.91. The molecule has 0 aliphatic carbocycles. The van der Waals surface area contributed by atoms with Crippen molar-refractivity contribution in [1.82, 2.24) is 5.43 Å². The zero-order chi connectivity index (χ0) is 25.9. The molecule has 0 heterocycles. The van der Waals surface area contributed by atoms with E-state index in [1.807, 2.05) is 49.4 Å². The van der Waals surface area contributed by atoms with Crippen molar-refractivity contribution in [2.45, 2.75) is 26.4 Å². The molecule has 2 N–H and O–H groups in total. The van der Waals surface area contributed by atoms with E-state index in [-0.39, 0.29) is 31.3 Å². The van der Waals surface area contributed by atoms with Gasteiger partial charge in [-0.3, -0.25) is 9.59 Å². The fraction of sp³-hybridized carbons (Fsp3) is 0.185. The van der Waals surface area contributed by atoms with E-state index in [0.717, 1.165) is 20.4 Å². The molecule has 9 heteroatoms. The van der Waals surface area contributed by atoms with Crippen LogP contribution < -0.4 is 20.2 Å². The Morgan fingerprint density at radius 2 is 1.81 bits per heavy atom. The van der Waals surface area contributed by atoms with Crippen molar-refractivity contribution in [3.63, 3.8) is 0 Å². The van der Waals surface area contributed by atoms with Crippen LogP contribution in [0.5, 0.6) is 11.5 Å². The van der Waals surface area contributed by atoms with Gasteiger partial charge in [-0.15, -0.1) is 0 Å². The third kappa shape index (κ3) is 7.55. The number of anilines is 1. The van der Waals surface area contributed by atoms with Gasteiger partial charge in [0, 0.05) is 24.1 Å². The van der Waals surface area contributed by atoms with E-state index in [2.05, 4.69) is 44.5 Å². The molecule has 0 atom stereocenters. The third-order valence-corrected chi connectivity index (χ3v) is 5.96. The van der Waals surface area contributed by atoms with Gasteiger partial charge in [0.15, 0.2) is 11.5 Å². The number of halogens is 1. The predicted molar refractivity (Wildman–Crippen MR) is 146 cm³/mol. The molecule has 0 unspecified atom stereocenters. The fourth-order valence-electron chi connectivity index (χ4n) is 3.25. The first-order valence-electron chi connectivity index (χ1n) is 11.1. The van der Waals surface area contributed by atoms with Crippen LogP contribution in [0, 0.1) is 21.8 Å². The number of carbonyl (C=O) groups is 2. The molecule has 0 aliphatic heterocycles. The summed E-state index contributed by atoms with van der Waals surface area (Å²) in [6, 6.07) is 20.4. The number of aryl methyl sites for hydroxylation is 1. The van der Waals surface area contributed by atoms with E-state index >= 15 is 0 Å². The Morgan fingerprint density at radius 3 is 2.56 bits per heavy atom. The minimum atomic E-state index is -0.371. The van der Waals surface area contributed by atoms with E-state index in [0.29, 0.717) is 22.6 Å². The number of nitrogens with zero attached hydrogens (tertiary/aromatic N) is 2. The summed E-state index contributed by atoms with van der Waals surface area (Å²) in [5, 5.41) is 16.1. The summed E-state index contributed by atoms with van der Waals surface area (Å²) in [5.41, 5.74) is 6.14. The Balaban J connectivity index is 1.54. The van der Waals surface area contributed by atoms with Gasteiger partial charge in [0.05, 0.1) is 28.5 Å². The molecule has 0 fully saturated rings. The number of amides is 2. The summed E-state index contributed by atoms with van der Waals surface area (Å²) in [7, 11) is 1.53. The quantitative estimate of drug-likeness (QED) is 0.196. The number of carbonyl (C=O) groups excluding carboxylic acids is 2. The molecule has 0 aliphatic rings. The molecular weight excluding hydrogens is 571 g/mol. The fourth-order valence-corrected chi connectivity index (χ4v) is 4.03. The smallest absolute Gasteiger partial charge is 0.240 e. The molecule has 0 saturated heterocycles. The maximum absolute atomic E-state index is 12.1. The van der Waals surface area contributed by atoms with Gasteiger partial charge in [-0.25, -0.2) is 5.43 Å². The first kappa shape index (κ1) is 26.7. The van der Waals surface area contributed by atoms with E-state index in [1.54, 1.807) is 18.2 Å². The van der Waals surface area contributed by atoms with Crippen molar-refractivity contribution in [2.75, 3.05) is 12.4 Å². The monoisotopic (exact) mass is 596 g/mol. The van der Waals surface area contributed by atoms with Crippen molar-refractivity contribution >= 4 is 46.3 Å². The van der Waals surface area contributed by atoms with Crippen LogP contribution in [0.25, 0.3) is 0 Å². The van der Waals surface area contributed by atoms with Crippen LogP contribution in [-0.2, 0) is 16.2 Å². The lowest BCUT2D eigenvalue weighted by Gasteiger charge is -2.14. The molecule has 3 aromatic rings. The molecular formula is C27H25IN4O4. The van der Waals surface area contributed by atoms with Gasteiger partial charge in [-0.1, -0.05) is 36.4 Å². The van der Waals surface area contributed by atoms with Crippen molar-refractivity contribution in [3.8, 4) is 17.6 Å². The van der Waals surface area contributed by atoms with Crippen LogP contribution in [0.2, 0.25) is 0 Å². The van der Waals surface area contributed by atoms with Crippen molar-refractivity contribution in [2.24, 2.45) is 5.10 Å². The van der Waals surface area contributed by atoms with Gasteiger partial charge in [0.1, 0.15) is 6.61 Å². The number of hydrogen-bond acceptors (Lipinski definition) is 6. The zero-order valence-corrected chi connectivity index (χ0v) is 22.0. The summed E-state index contributed by atoms with van der Waals surface area (Å²) in [5.74, 6) is 0.434. The molecule has 3 rings (SSSR count). The minimum Gasteiger partial charge on any atom is -0.493 e. The number of hydrogen-bond donors (Lipinski definition) is 2. The van der Waals surface area contributed by atoms with E-state index in [4.69, 9.17) is 9.47 Å². The van der Waals surface area contributed by atoms with Crippen molar-refractivity contribution in [3.05, 3.63) is 86.5 Å². The number of nitriles is 1. The standard InChI is InChI=1S/C27H25IN4O4/c1-18-7-3-6-10-23(18)31-25(33)11-12-26(34)32-30-16-19-13-22(28)27(24(14-19)35-2)36-17-21-9-5-4-8-20(21)15-29/h3-10,13-14,16H,11-12,17H2,1-2H3,(H,31,33)(H,32,34). The largest absolute Gasteiger partial charge is 0.493 e. The van der Waals surface area contributed by atoms with Crippen LogP contribution in [0.3, 0.4) is 0 Å². The molecule has 36 heavy (non-hydrogen) atoms. The van der Waals surface area contributed by atoms with Crippen LogP contribution in [0.4, 0.5) is 5.69 Å². The van der Waals surface area contributed by atoms with Gasteiger partial charge in [-0.2, -0.15) is 10.4 Å². The summed E-state index contributed by atoms with van der Waals surface area (Å²) >= 11 is 2.13. The highest BCUT2D eigenvalue weighted by molar-refractivity contribution is 14.1. The van der Waals surface area contributed by atoms with Crippen molar-refractivity contribution in [1.29, 1.82) is 5.26 Å². The number of ether oxygens (including phenoxy) is 2. The average Bonchev–Trinajstić information content (AvgIpc) is 2.88. The average molecular weight is 596 g/mol. The van der Waals surface area contributed by atoms with Crippen LogP contribution >= 0.6 is 22.6 Å². The highest BCUT2D eigenvalue weighted by atomic mass is 127. The van der Waals surface area contributed by atoms with Crippen LogP contribution in [-0.4, -0.2) is 25.1 Å². The van der Waals surface area contributed by atoms with Gasteiger partial charge in [0.25, 0.3) is 0 Å². The van der Waals surface area contributed by atoms with Crippen molar-refractivity contribution < 1.29 is 19.1 Å². The molecule has 2 amide bonds. The Labute approximate surface area is 223 Å². The molecule has 184 valence electrons. The number of hydrazone groups is 1. The third-order valence-electron chi connectivity index (χ3n) is 5.16. The molecule has 0 aromatic heterocycles. The second-order valence-electron chi connectivity index (χ2n) is 7.75.